The highest BCUT2D eigenvalue weighted by molar-refractivity contribution is 6.32. The van der Waals surface area contributed by atoms with E-state index in [9.17, 15) is 9.59 Å². The van der Waals surface area contributed by atoms with Crippen molar-refractivity contribution >= 4 is 58.4 Å². The van der Waals surface area contributed by atoms with E-state index in [0.717, 1.165) is 11.1 Å². The van der Waals surface area contributed by atoms with Gasteiger partial charge in [0.25, 0.3) is 5.91 Å². The van der Waals surface area contributed by atoms with Crippen LogP contribution in [0.15, 0.2) is 48.5 Å². The van der Waals surface area contributed by atoms with Crippen molar-refractivity contribution in [2.75, 3.05) is 11.9 Å². The number of carbonyl (C=O) groups excluding carboxylic acids is 2. The van der Waals surface area contributed by atoms with Crippen molar-refractivity contribution in [3.8, 4) is 0 Å². The largest absolute Gasteiger partial charge is 0.452 e. The maximum Gasteiger partial charge on any atom is 0.331 e. The Morgan fingerprint density at radius 2 is 1.78 bits per heavy atom. The van der Waals surface area contributed by atoms with E-state index in [1.165, 1.54) is 12.2 Å². The third-order valence-electron chi connectivity index (χ3n) is 4.66. The first-order valence-electron chi connectivity index (χ1n) is 9.62. The molecule has 3 rings (SSSR count). The zero-order valence-corrected chi connectivity index (χ0v) is 19.6. The monoisotopic (exact) mass is 491 g/mol. The number of anilines is 1. The van der Waals surface area contributed by atoms with Crippen LogP contribution in [0.1, 0.15) is 22.4 Å². The number of hydrogen-bond donors (Lipinski definition) is 1. The number of halogens is 3. The van der Waals surface area contributed by atoms with Crippen LogP contribution in [0.3, 0.4) is 0 Å². The molecule has 32 heavy (non-hydrogen) atoms. The summed E-state index contributed by atoms with van der Waals surface area (Å²) in [6, 6.07) is 12.6. The fourth-order valence-electron chi connectivity index (χ4n) is 2.91. The molecule has 6 nitrogen and oxygen atoms in total. The van der Waals surface area contributed by atoms with Gasteiger partial charge >= 0.3 is 5.97 Å². The summed E-state index contributed by atoms with van der Waals surface area (Å²) in [5.41, 5.74) is 3.37. The first-order chi connectivity index (χ1) is 15.3. The van der Waals surface area contributed by atoms with E-state index in [-0.39, 0.29) is 0 Å². The second kappa shape index (κ2) is 10.7. The second-order valence-electron chi connectivity index (χ2n) is 6.94. The van der Waals surface area contributed by atoms with Gasteiger partial charge in [-0.3, -0.25) is 4.79 Å². The highest BCUT2D eigenvalue weighted by Gasteiger charge is 2.14. The normalized spacial score (nSPS) is 11.0. The molecule has 166 valence electrons. The molecule has 1 aromatic heterocycles. The van der Waals surface area contributed by atoms with Crippen LogP contribution < -0.4 is 5.32 Å². The molecule has 0 fully saturated rings. The fourth-order valence-corrected chi connectivity index (χ4v) is 3.58. The molecule has 9 heteroatoms. The van der Waals surface area contributed by atoms with Crippen LogP contribution in [0, 0.1) is 13.8 Å². The molecule has 1 N–H and O–H groups in total. The van der Waals surface area contributed by atoms with Crippen molar-refractivity contribution in [3.63, 3.8) is 0 Å². The summed E-state index contributed by atoms with van der Waals surface area (Å²) in [5.74, 6) is -1.16. The molecule has 0 unspecified atom stereocenters. The van der Waals surface area contributed by atoms with Crippen LogP contribution in [0.2, 0.25) is 15.2 Å². The van der Waals surface area contributed by atoms with Crippen molar-refractivity contribution in [1.29, 1.82) is 0 Å². The van der Waals surface area contributed by atoms with Crippen LogP contribution >= 0.6 is 34.8 Å². The Morgan fingerprint density at radius 3 is 2.53 bits per heavy atom. The molecule has 0 bridgehead atoms. The van der Waals surface area contributed by atoms with Crippen LogP contribution in [0.25, 0.3) is 6.08 Å². The van der Waals surface area contributed by atoms with E-state index in [1.54, 1.807) is 42.8 Å². The first kappa shape index (κ1) is 23.9. The predicted octanol–water partition coefficient (Wildman–Crippen LogP) is 5.70. The summed E-state index contributed by atoms with van der Waals surface area (Å²) < 4.78 is 6.61. The van der Waals surface area contributed by atoms with Gasteiger partial charge in [0.2, 0.25) is 0 Å². The predicted molar refractivity (Wildman–Crippen MR) is 127 cm³/mol. The highest BCUT2D eigenvalue weighted by Crippen LogP contribution is 2.25. The number of aromatic nitrogens is 2. The quantitative estimate of drug-likeness (QED) is 0.339. The third kappa shape index (κ3) is 5.91. The fraction of sp³-hybridized carbons (Fsp3) is 0.174. The Balaban J connectivity index is 1.59. The summed E-state index contributed by atoms with van der Waals surface area (Å²) in [6.07, 6.45) is 2.71. The van der Waals surface area contributed by atoms with Gasteiger partial charge in [0, 0.05) is 27.4 Å². The molecule has 0 saturated carbocycles. The van der Waals surface area contributed by atoms with Gasteiger partial charge in [-0.2, -0.15) is 5.10 Å². The number of nitrogens with zero attached hydrogens (tertiary/aromatic N) is 2. The van der Waals surface area contributed by atoms with Gasteiger partial charge in [-0.25, -0.2) is 9.48 Å². The highest BCUT2D eigenvalue weighted by atomic mass is 35.5. The van der Waals surface area contributed by atoms with Gasteiger partial charge in [-0.1, -0.05) is 59.1 Å². The van der Waals surface area contributed by atoms with Gasteiger partial charge in [0.15, 0.2) is 6.61 Å². The number of amides is 1. The molecule has 3 aromatic rings. The van der Waals surface area contributed by atoms with E-state index >= 15 is 0 Å². The topological polar surface area (TPSA) is 73.2 Å². The summed E-state index contributed by atoms with van der Waals surface area (Å²) in [6.45, 7) is 3.51. The summed E-state index contributed by atoms with van der Waals surface area (Å²) >= 11 is 18.7. The Morgan fingerprint density at radius 1 is 1.06 bits per heavy atom. The minimum atomic E-state index is -0.683. The van der Waals surface area contributed by atoms with Crippen LogP contribution in [-0.2, 0) is 20.9 Å². The van der Waals surface area contributed by atoms with Crippen LogP contribution in [-0.4, -0.2) is 28.3 Å². The number of rotatable bonds is 7. The first-order valence-corrected chi connectivity index (χ1v) is 10.8. The number of carbonyl (C=O) groups is 2. The Labute approximate surface area is 200 Å². The van der Waals surface area contributed by atoms with E-state index in [1.807, 2.05) is 18.2 Å². The van der Waals surface area contributed by atoms with Crippen molar-refractivity contribution in [2.45, 2.75) is 20.4 Å². The molecule has 0 saturated heterocycles. The van der Waals surface area contributed by atoms with E-state index in [0.29, 0.717) is 38.7 Å². The zero-order valence-electron chi connectivity index (χ0n) is 17.4. The Bertz CT molecular complexity index is 1190. The smallest absolute Gasteiger partial charge is 0.331 e. The van der Waals surface area contributed by atoms with Crippen molar-refractivity contribution < 1.29 is 14.3 Å². The lowest BCUT2D eigenvalue weighted by molar-refractivity contribution is -0.142. The second-order valence-corrected chi connectivity index (χ2v) is 8.11. The third-order valence-corrected chi connectivity index (χ3v) is 5.84. The van der Waals surface area contributed by atoms with Gasteiger partial charge < -0.3 is 10.1 Å². The molecule has 0 spiro atoms. The van der Waals surface area contributed by atoms with Gasteiger partial charge in [-0.15, -0.1) is 0 Å². The molecule has 0 radical (unpaired) electrons. The SMILES string of the molecule is Cc1nn(Cc2ccccc2Cl)c(Cl)c1C=CC(=O)OCC(=O)Nc1cccc(Cl)c1C. The number of nitrogens with one attached hydrogen (secondary N) is 1. The molecular formula is C23H20Cl3N3O3. The molecule has 2 aromatic carbocycles. The number of aryl methyl sites for hydroxylation is 1. The zero-order chi connectivity index (χ0) is 23.3. The molecule has 1 heterocycles. The molecule has 0 atom stereocenters. The van der Waals surface area contributed by atoms with Gasteiger partial charge in [-0.05, 0) is 49.2 Å². The van der Waals surface area contributed by atoms with Gasteiger partial charge in [0.1, 0.15) is 5.15 Å². The van der Waals surface area contributed by atoms with Crippen LogP contribution in [0.5, 0.6) is 0 Å². The summed E-state index contributed by atoms with van der Waals surface area (Å²) in [7, 11) is 0. The minimum absolute atomic E-state index is 0.362. The van der Waals surface area contributed by atoms with E-state index < -0.39 is 18.5 Å². The lowest BCUT2D eigenvalue weighted by Gasteiger charge is -2.09. The van der Waals surface area contributed by atoms with E-state index in [4.69, 9.17) is 39.5 Å². The van der Waals surface area contributed by atoms with Gasteiger partial charge in [0.05, 0.1) is 12.2 Å². The average molecular weight is 493 g/mol. The maximum atomic E-state index is 12.1. The summed E-state index contributed by atoms with van der Waals surface area (Å²) in [5, 5.41) is 8.58. The number of hydrogen-bond acceptors (Lipinski definition) is 4. The molecule has 0 aliphatic heterocycles. The molecule has 0 aliphatic rings. The molecular weight excluding hydrogens is 473 g/mol. The summed E-state index contributed by atoms with van der Waals surface area (Å²) in [4.78, 5) is 24.1. The average Bonchev–Trinajstić information content (AvgIpc) is 3.02. The van der Waals surface area contributed by atoms with Crippen LogP contribution in [0.4, 0.5) is 5.69 Å². The number of benzene rings is 2. The number of esters is 1. The molecule has 1 amide bonds. The van der Waals surface area contributed by atoms with E-state index in [2.05, 4.69) is 10.4 Å². The maximum absolute atomic E-state index is 12.1. The number of ether oxygens (including phenoxy) is 1. The Kier molecular flexibility index (Phi) is 7.96. The molecule has 0 aliphatic carbocycles. The van der Waals surface area contributed by atoms with Crippen molar-refractivity contribution in [1.82, 2.24) is 9.78 Å². The standard InChI is InChI=1S/C23H20Cl3N3O3/c1-14-18(24)8-5-9-20(14)27-21(30)13-32-22(31)11-10-17-15(2)28-29(23(17)26)12-16-6-3-4-7-19(16)25/h3-11H,12-13H2,1-2H3,(H,27,30). The van der Waals surface area contributed by atoms with Crippen molar-refractivity contribution in [3.05, 3.63) is 86.1 Å². The van der Waals surface area contributed by atoms with Crippen molar-refractivity contribution in [2.24, 2.45) is 0 Å². The lowest BCUT2D eigenvalue weighted by Crippen LogP contribution is -2.20. The minimum Gasteiger partial charge on any atom is -0.452 e. The Hall–Kier alpha value is -2.80. The lowest BCUT2D eigenvalue weighted by atomic mass is 10.2.